The highest BCUT2D eigenvalue weighted by Crippen LogP contribution is 2.44. The van der Waals surface area contributed by atoms with Crippen LogP contribution in [0.1, 0.15) is 56.1 Å². The number of carboxylic acids is 1. The van der Waals surface area contributed by atoms with Crippen LogP contribution in [0.4, 0.5) is 4.79 Å². The molecule has 1 aliphatic carbocycles. The molecule has 0 aliphatic heterocycles. The van der Waals surface area contributed by atoms with Crippen LogP contribution in [-0.2, 0) is 14.3 Å². The van der Waals surface area contributed by atoms with Crippen LogP contribution in [0.25, 0.3) is 11.1 Å². The summed E-state index contributed by atoms with van der Waals surface area (Å²) in [5, 5.41) is 11.5. The lowest BCUT2D eigenvalue weighted by atomic mass is 9.98. The molecule has 1 unspecified atom stereocenters. The maximum absolute atomic E-state index is 12.4. The molecule has 2 aromatic carbocycles. The van der Waals surface area contributed by atoms with Crippen LogP contribution in [0, 0.1) is 0 Å². The molecule has 0 heterocycles. The number of aliphatic carboxylic acids is 1. The number of hydrogen-bond acceptors (Lipinski definition) is 4. The highest BCUT2D eigenvalue weighted by molar-refractivity contribution is 5.79. The molecule has 0 aromatic heterocycles. The molecule has 0 spiro atoms. The Balaban J connectivity index is 1.40. The summed E-state index contributed by atoms with van der Waals surface area (Å²) in [5.41, 5.74) is 4.72. The van der Waals surface area contributed by atoms with E-state index < -0.39 is 12.1 Å². The zero-order chi connectivity index (χ0) is 23.8. The number of amides is 2. The fourth-order valence-electron chi connectivity index (χ4n) is 4.26. The van der Waals surface area contributed by atoms with E-state index >= 15 is 0 Å². The second-order valence-electron chi connectivity index (χ2n) is 8.58. The normalized spacial score (nSPS) is 13.0. The Bertz CT molecular complexity index is 945. The number of fused-ring (bicyclic) bond motifs is 3. The summed E-state index contributed by atoms with van der Waals surface area (Å²) in [7, 11) is 1.68. The van der Waals surface area contributed by atoms with Gasteiger partial charge in [-0.05, 0) is 48.4 Å². The number of nitrogens with one attached hydrogen (secondary N) is 1. The van der Waals surface area contributed by atoms with Gasteiger partial charge >= 0.3 is 12.1 Å². The number of carbonyl (C=O) groups excluding carboxylic acids is 2. The molecule has 7 heteroatoms. The van der Waals surface area contributed by atoms with Crippen LogP contribution in [0.3, 0.4) is 0 Å². The topological polar surface area (TPSA) is 95.9 Å². The first-order valence-corrected chi connectivity index (χ1v) is 11.4. The molecule has 0 bridgehead atoms. The van der Waals surface area contributed by atoms with Crippen LogP contribution >= 0.6 is 0 Å². The average molecular weight is 453 g/mol. The monoisotopic (exact) mass is 452 g/mol. The van der Waals surface area contributed by atoms with E-state index in [1.807, 2.05) is 31.2 Å². The maximum Gasteiger partial charge on any atom is 0.407 e. The second-order valence-corrected chi connectivity index (χ2v) is 8.58. The molecule has 2 N–H and O–H groups in total. The largest absolute Gasteiger partial charge is 0.481 e. The van der Waals surface area contributed by atoms with E-state index in [4.69, 9.17) is 9.84 Å². The van der Waals surface area contributed by atoms with E-state index in [1.165, 1.54) is 22.3 Å². The van der Waals surface area contributed by atoms with Gasteiger partial charge < -0.3 is 20.1 Å². The summed E-state index contributed by atoms with van der Waals surface area (Å²) in [4.78, 5) is 36.6. The Morgan fingerprint density at radius 3 is 2.21 bits per heavy atom. The molecule has 0 fully saturated rings. The standard InChI is InChI=1S/C26H32N2O5/c1-18(9-7-14-24(29)28(2)16-8-15-25(30)31)27-26(32)33-17-23-21-12-5-3-10-19(21)20-11-4-6-13-22(20)23/h3-6,10-13,18,23H,7-9,14-17H2,1-2H3,(H,27,32)(H,30,31). The Kier molecular flexibility index (Phi) is 8.46. The Morgan fingerprint density at radius 2 is 1.61 bits per heavy atom. The van der Waals surface area contributed by atoms with Gasteiger partial charge in [-0.3, -0.25) is 9.59 Å². The predicted molar refractivity (Wildman–Crippen MR) is 126 cm³/mol. The molecular weight excluding hydrogens is 420 g/mol. The van der Waals surface area contributed by atoms with Gasteiger partial charge in [-0.25, -0.2) is 4.79 Å². The first-order chi connectivity index (χ1) is 15.9. The number of alkyl carbamates (subject to hydrolysis) is 1. The van der Waals surface area contributed by atoms with Gasteiger partial charge in [0.15, 0.2) is 0 Å². The van der Waals surface area contributed by atoms with E-state index in [0.717, 1.165) is 0 Å². The first-order valence-electron chi connectivity index (χ1n) is 11.4. The maximum atomic E-state index is 12.4. The number of carbonyl (C=O) groups is 3. The van der Waals surface area contributed by atoms with Crippen molar-refractivity contribution >= 4 is 18.0 Å². The first kappa shape index (κ1) is 24.3. The van der Waals surface area contributed by atoms with Crippen molar-refractivity contribution in [3.05, 3.63) is 59.7 Å². The Labute approximate surface area is 194 Å². The van der Waals surface area contributed by atoms with Gasteiger partial charge in [0, 0.05) is 38.4 Å². The Morgan fingerprint density at radius 1 is 1.00 bits per heavy atom. The quantitative estimate of drug-likeness (QED) is 0.527. The van der Waals surface area contributed by atoms with Crippen molar-refractivity contribution in [1.82, 2.24) is 10.2 Å². The number of benzene rings is 2. The SMILES string of the molecule is CC(CCCC(=O)N(C)CCCC(=O)O)NC(=O)OCC1c2ccccc2-c2ccccc21. The van der Waals surface area contributed by atoms with Gasteiger partial charge in [0.2, 0.25) is 5.91 Å². The van der Waals surface area contributed by atoms with Gasteiger partial charge in [0.25, 0.3) is 0 Å². The lowest BCUT2D eigenvalue weighted by molar-refractivity contribution is -0.138. The summed E-state index contributed by atoms with van der Waals surface area (Å²) in [5.74, 6) is -0.856. The number of rotatable bonds is 11. The van der Waals surface area contributed by atoms with E-state index in [9.17, 15) is 14.4 Å². The lowest BCUT2D eigenvalue weighted by Crippen LogP contribution is -2.34. The van der Waals surface area contributed by atoms with Crippen LogP contribution in [0.15, 0.2) is 48.5 Å². The molecule has 0 saturated carbocycles. The highest BCUT2D eigenvalue weighted by atomic mass is 16.5. The molecule has 33 heavy (non-hydrogen) atoms. The van der Waals surface area contributed by atoms with Gasteiger partial charge in [0.1, 0.15) is 6.61 Å². The van der Waals surface area contributed by atoms with Crippen LogP contribution in [-0.4, -0.2) is 54.2 Å². The van der Waals surface area contributed by atoms with Crippen molar-refractivity contribution in [2.45, 2.75) is 51.0 Å². The van der Waals surface area contributed by atoms with Crippen molar-refractivity contribution < 1.29 is 24.2 Å². The van der Waals surface area contributed by atoms with Crippen molar-refractivity contribution in [3.8, 4) is 11.1 Å². The highest BCUT2D eigenvalue weighted by Gasteiger charge is 2.29. The fourth-order valence-corrected chi connectivity index (χ4v) is 4.26. The molecule has 1 aliphatic rings. The van der Waals surface area contributed by atoms with E-state index in [1.54, 1.807) is 11.9 Å². The van der Waals surface area contributed by atoms with E-state index in [0.29, 0.717) is 32.2 Å². The minimum atomic E-state index is -0.857. The fraction of sp³-hybridized carbons (Fsp3) is 0.423. The third kappa shape index (κ3) is 6.57. The van der Waals surface area contributed by atoms with Gasteiger partial charge in [-0.2, -0.15) is 0 Å². The van der Waals surface area contributed by atoms with Crippen molar-refractivity contribution in [1.29, 1.82) is 0 Å². The molecule has 2 amide bonds. The summed E-state index contributed by atoms with van der Waals surface area (Å²) >= 11 is 0. The number of nitrogens with zero attached hydrogens (tertiary/aromatic N) is 1. The van der Waals surface area contributed by atoms with Crippen molar-refractivity contribution in [2.75, 3.05) is 20.2 Å². The van der Waals surface area contributed by atoms with E-state index in [2.05, 4.69) is 29.6 Å². The lowest BCUT2D eigenvalue weighted by Gasteiger charge is -2.18. The third-order valence-electron chi connectivity index (χ3n) is 6.05. The second kappa shape index (κ2) is 11.5. The molecule has 176 valence electrons. The third-order valence-corrected chi connectivity index (χ3v) is 6.05. The number of ether oxygens (including phenoxy) is 1. The average Bonchev–Trinajstić information content (AvgIpc) is 3.11. The van der Waals surface area contributed by atoms with Crippen LogP contribution < -0.4 is 5.32 Å². The molecule has 2 aromatic rings. The predicted octanol–water partition coefficient (Wildman–Crippen LogP) is 4.41. The zero-order valence-electron chi connectivity index (χ0n) is 19.3. The Hall–Kier alpha value is -3.35. The summed E-state index contributed by atoms with van der Waals surface area (Å²) in [6, 6.07) is 16.3. The molecule has 0 radical (unpaired) electrons. The smallest absolute Gasteiger partial charge is 0.407 e. The minimum absolute atomic E-state index is 0.0197. The molecular formula is C26H32N2O5. The molecule has 1 atom stereocenters. The van der Waals surface area contributed by atoms with Gasteiger partial charge in [-0.15, -0.1) is 0 Å². The molecule has 7 nitrogen and oxygen atoms in total. The van der Waals surface area contributed by atoms with Crippen molar-refractivity contribution in [3.63, 3.8) is 0 Å². The molecule has 0 saturated heterocycles. The van der Waals surface area contributed by atoms with E-state index in [-0.39, 0.29) is 30.9 Å². The van der Waals surface area contributed by atoms with Gasteiger partial charge in [-0.1, -0.05) is 48.5 Å². The van der Waals surface area contributed by atoms with Crippen molar-refractivity contribution in [2.24, 2.45) is 0 Å². The summed E-state index contributed by atoms with van der Waals surface area (Å²) < 4.78 is 5.57. The number of carboxylic acid groups (broad SMARTS) is 1. The van der Waals surface area contributed by atoms with Crippen LogP contribution in [0.2, 0.25) is 0 Å². The summed E-state index contributed by atoms with van der Waals surface area (Å²) in [6.45, 7) is 2.59. The zero-order valence-corrected chi connectivity index (χ0v) is 19.3. The number of hydrogen-bond donors (Lipinski definition) is 2. The minimum Gasteiger partial charge on any atom is -0.481 e. The van der Waals surface area contributed by atoms with Gasteiger partial charge in [0.05, 0.1) is 0 Å². The summed E-state index contributed by atoms with van der Waals surface area (Å²) in [6.07, 6.45) is 1.68. The molecule has 3 rings (SSSR count). The van der Waals surface area contributed by atoms with Crippen LogP contribution in [0.5, 0.6) is 0 Å².